The van der Waals surface area contributed by atoms with E-state index in [1.54, 1.807) is 0 Å². The fourth-order valence-electron chi connectivity index (χ4n) is 3.13. The molecule has 1 fully saturated rings. The zero-order valence-electron chi connectivity index (χ0n) is 18.8. The normalized spacial score (nSPS) is 24.6. The molecule has 0 saturated carbocycles. The number of esters is 4. The number of hydrogen-bond acceptors (Lipinski definition) is 12. The average Bonchev–Trinajstić information content (AvgIpc) is 2.69. The van der Waals surface area contributed by atoms with Gasteiger partial charge in [-0.15, -0.1) is 0 Å². The molecule has 2 N–H and O–H groups in total. The third-order valence-electron chi connectivity index (χ3n) is 4.35. The van der Waals surface area contributed by atoms with Gasteiger partial charge in [0.1, 0.15) is 18.1 Å². The van der Waals surface area contributed by atoms with Crippen molar-refractivity contribution in [2.24, 2.45) is 5.14 Å². The number of carbonyl (C=O) groups is 4. The third kappa shape index (κ3) is 7.97. The monoisotopic (exact) mass is 519 g/mol. The summed E-state index contributed by atoms with van der Waals surface area (Å²) in [7, 11) is -3.91. The van der Waals surface area contributed by atoms with Crippen LogP contribution in [0.4, 0.5) is 0 Å². The molecule has 12 nitrogen and oxygen atoms in total. The number of ether oxygens (including phenoxy) is 5. The van der Waals surface area contributed by atoms with Crippen LogP contribution in [0.1, 0.15) is 27.7 Å². The summed E-state index contributed by atoms with van der Waals surface area (Å²) < 4.78 is 50.0. The van der Waals surface area contributed by atoms with E-state index in [1.165, 1.54) is 31.2 Å². The molecule has 1 heterocycles. The predicted molar refractivity (Wildman–Crippen MR) is 116 cm³/mol. The standard InChI is InChI=1S/C20H25NO11S2/c1-10(22)28-9-16-17(29-11(2)23)18(30-12(3)24)19(31-13(4)25)20(32-16)33-14-5-7-15(8-6-14)34(21,26)27/h5-8,16-20H,9H2,1-4H3,(H2,21,26,27)/t16-,17-,18+,19-,20+/m1/s1. The molecule has 0 aromatic heterocycles. The van der Waals surface area contributed by atoms with Crippen LogP contribution >= 0.6 is 11.8 Å². The van der Waals surface area contributed by atoms with Gasteiger partial charge in [-0.1, -0.05) is 11.8 Å². The first-order valence-corrected chi connectivity index (χ1v) is 12.3. The van der Waals surface area contributed by atoms with Crippen molar-refractivity contribution in [1.29, 1.82) is 0 Å². The van der Waals surface area contributed by atoms with Crippen LogP contribution in [0.2, 0.25) is 0 Å². The zero-order chi connectivity index (χ0) is 25.6. The molecule has 34 heavy (non-hydrogen) atoms. The molecule has 188 valence electrons. The second-order valence-corrected chi connectivity index (χ2v) is 9.94. The van der Waals surface area contributed by atoms with Crippen molar-refractivity contribution in [3.8, 4) is 0 Å². The molecule has 14 heteroatoms. The Balaban J connectivity index is 2.45. The zero-order valence-corrected chi connectivity index (χ0v) is 20.4. The molecule has 5 atom stereocenters. The fourth-order valence-corrected chi connectivity index (χ4v) is 4.75. The van der Waals surface area contributed by atoms with Gasteiger partial charge in [-0.05, 0) is 24.3 Å². The maximum atomic E-state index is 11.8. The van der Waals surface area contributed by atoms with Crippen LogP contribution in [0.25, 0.3) is 0 Å². The molecule has 1 aromatic carbocycles. The van der Waals surface area contributed by atoms with Gasteiger partial charge >= 0.3 is 23.9 Å². The minimum atomic E-state index is -3.91. The second-order valence-electron chi connectivity index (χ2n) is 7.20. The number of rotatable bonds is 8. The highest BCUT2D eigenvalue weighted by molar-refractivity contribution is 7.99. The van der Waals surface area contributed by atoms with E-state index in [0.29, 0.717) is 4.90 Å². The number of nitrogens with two attached hydrogens (primary N) is 1. The van der Waals surface area contributed by atoms with E-state index in [9.17, 15) is 27.6 Å². The molecule has 0 aliphatic carbocycles. The first-order chi connectivity index (χ1) is 15.8. The minimum absolute atomic E-state index is 0.113. The fraction of sp³-hybridized carbons (Fsp3) is 0.500. The lowest BCUT2D eigenvalue weighted by atomic mass is 9.99. The van der Waals surface area contributed by atoms with Crippen LogP contribution in [0.15, 0.2) is 34.1 Å². The Morgan fingerprint density at radius 1 is 0.853 bits per heavy atom. The van der Waals surface area contributed by atoms with Crippen LogP contribution < -0.4 is 5.14 Å². The van der Waals surface area contributed by atoms with Crippen molar-refractivity contribution in [3.63, 3.8) is 0 Å². The molecule has 1 aliphatic rings. The highest BCUT2D eigenvalue weighted by Gasteiger charge is 2.52. The summed E-state index contributed by atoms with van der Waals surface area (Å²) in [6.45, 7) is 4.22. The smallest absolute Gasteiger partial charge is 0.303 e. The van der Waals surface area contributed by atoms with Gasteiger partial charge in [0.05, 0.1) is 4.90 Å². The SMILES string of the molecule is CC(=O)OC[C@H]1O[C@@H](Sc2ccc(S(N)(=O)=O)cc2)[C@H](OC(C)=O)[C@@H](OC(C)=O)[C@@H]1OC(C)=O. The van der Waals surface area contributed by atoms with Gasteiger partial charge in [-0.3, -0.25) is 19.2 Å². The van der Waals surface area contributed by atoms with Crippen molar-refractivity contribution in [3.05, 3.63) is 24.3 Å². The number of primary sulfonamides is 1. The van der Waals surface area contributed by atoms with Crippen molar-refractivity contribution in [2.75, 3.05) is 6.61 Å². The largest absolute Gasteiger partial charge is 0.463 e. The van der Waals surface area contributed by atoms with Crippen LogP contribution in [0, 0.1) is 0 Å². The summed E-state index contributed by atoms with van der Waals surface area (Å²) in [5.74, 6) is -2.82. The van der Waals surface area contributed by atoms with E-state index < -0.39 is 63.8 Å². The van der Waals surface area contributed by atoms with E-state index in [1.807, 2.05) is 0 Å². The first-order valence-electron chi connectivity index (χ1n) is 9.88. The molecule has 0 radical (unpaired) electrons. The third-order valence-corrected chi connectivity index (χ3v) is 6.44. The topological polar surface area (TPSA) is 175 Å². The molecule has 0 amide bonds. The molecular formula is C20H25NO11S2. The Labute approximate surface area is 200 Å². The van der Waals surface area contributed by atoms with Crippen molar-refractivity contribution >= 4 is 45.7 Å². The molecular weight excluding hydrogens is 494 g/mol. The maximum Gasteiger partial charge on any atom is 0.303 e. The molecule has 0 unspecified atom stereocenters. The van der Waals surface area contributed by atoms with E-state index in [4.69, 9.17) is 28.8 Å². The van der Waals surface area contributed by atoms with E-state index in [2.05, 4.69) is 0 Å². The van der Waals surface area contributed by atoms with Crippen LogP contribution in [-0.2, 0) is 52.9 Å². The number of benzene rings is 1. The summed E-state index contributed by atoms with van der Waals surface area (Å²) in [4.78, 5) is 47.2. The Bertz CT molecular complexity index is 1030. The molecule has 1 aromatic rings. The van der Waals surface area contributed by atoms with Gasteiger partial charge < -0.3 is 23.7 Å². The number of sulfonamides is 1. The van der Waals surface area contributed by atoms with Gasteiger partial charge in [-0.25, -0.2) is 13.6 Å². The van der Waals surface area contributed by atoms with Crippen LogP contribution in [0.3, 0.4) is 0 Å². The molecule has 2 rings (SSSR count). The lowest BCUT2D eigenvalue weighted by Gasteiger charge is -2.44. The van der Waals surface area contributed by atoms with Crippen molar-refractivity contribution < 1.29 is 51.3 Å². The second kappa shape index (κ2) is 11.6. The molecule has 1 aliphatic heterocycles. The lowest BCUT2D eigenvalue weighted by Crippen LogP contribution is -2.61. The lowest BCUT2D eigenvalue weighted by molar-refractivity contribution is -0.237. The number of hydrogen-bond donors (Lipinski definition) is 1. The van der Waals surface area contributed by atoms with Gasteiger partial charge in [0.25, 0.3) is 0 Å². The maximum absolute atomic E-state index is 11.8. The molecule has 0 spiro atoms. The molecule has 0 bridgehead atoms. The van der Waals surface area contributed by atoms with Gasteiger partial charge in [0.15, 0.2) is 18.3 Å². The molecule has 1 saturated heterocycles. The van der Waals surface area contributed by atoms with Gasteiger partial charge in [0, 0.05) is 32.6 Å². The highest BCUT2D eigenvalue weighted by Crippen LogP contribution is 2.37. The Kier molecular flexibility index (Phi) is 9.44. The summed E-state index contributed by atoms with van der Waals surface area (Å²) in [6, 6.07) is 5.48. The van der Waals surface area contributed by atoms with Crippen molar-refractivity contribution in [1.82, 2.24) is 0 Å². The Morgan fingerprint density at radius 3 is 1.82 bits per heavy atom. The summed E-state index contributed by atoms with van der Waals surface area (Å²) in [5.41, 5.74) is -1.03. The quantitative estimate of drug-likeness (QED) is 0.373. The van der Waals surface area contributed by atoms with E-state index >= 15 is 0 Å². The predicted octanol–water partition coefficient (Wildman–Crippen LogP) is 0.509. The highest BCUT2D eigenvalue weighted by atomic mass is 32.2. The minimum Gasteiger partial charge on any atom is -0.463 e. The Hall–Kier alpha value is -2.68. The van der Waals surface area contributed by atoms with Crippen molar-refractivity contribution in [2.45, 2.75) is 67.3 Å². The Morgan fingerprint density at radius 2 is 1.35 bits per heavy atom. The summed E-state index contributed by atoms with van der Waals surface area (Å²) in [6.07, 6.45) is -4.86. The average molecular weight is 520 g/mol. The summed E-state index contributed by atoms with van der Waals surface area (Å²) >= 11 is 1.02. The van der Waals surface area contributed by atoms with Crippen LogP contribution in [0.5, 0.6) is 0 Å². The number of thioether (sulfide) groups is 1. The van der Waals surface area contributed by atoms with E-state index in [-0.39, 0.29) is 11.5 Å². The van der Waals surface area contributed by atoms with Gasteiger partial charge in [0.2, 0.25) is 10.0 Å². The van der Waals surface area contributed by atoms with E-state index in [0.717, 1.165) is 32.5 Å². The van der Waals surface area contributed by atoms with Crippen LogP contribution in [-0.4, -0.2) is 68.8 Å². The van der Waals surface area contributed by atoms with Gasteiger partial charge in [-0.2, -0.15) is 0 Å². The first kappa shape index (κ1) is 27.6. The summed E-state index contributed by atoms with van der Waals surface area (Å²) in [5, 5.41) is 5.12. The number of carbonyl (C=O) groups excluding carboxylic acids is 4.